The van der Waals surface area contributed by atoms with E-state index in [0.717, 1.165) is 11.5 Å². The zero-order valence-electron chi connectivity index (χ0n) is 11.0. The highest BCUT2D eigenvalue weighted by atomic mass is 32.2. The molecule has 1 aromatic carbocycles. The van der Waals surface area contributed by atoms with Crippen LogP contribution in [0.2, 0.25) is 0 Å². The van der Waals surface area contributed by atoms with E-state index in [9.17, 15) is 4.39 Å². The first-order valence-electron chi connectivity index (χ1n) is 5.74. The van der Waals surface area contributed by atoms with Crippen molar-refractivity contribution >= 4 is 29.1 Å². The van der Waals surface area contributed by atoms with E-state index in [-0.39, 0.29) is 5.82 Å². The predicted octanol–water partition coefficient (Wildman–Crippen LogP) is 3.15. The molecule has 0 aliphatic heterocycles. The van der Waals surface area contributed by atoms with Gasteiger partial charge in [-0.2, -0.15) is 0 Å². The van der Waals surface area contributed by atoms with E-state index in [4.69, 9.17) is 0 Å². The Hall–Kier alpha value is -1.82. The molecule has 0 saturated carbocycles. The summed E-state index contributed by atoms with van der Waals surface area (Å²) in [5.41, 5.74) is 0.743. The predicted molar refractivity (Wildman–Crippen MR) is 77.8 cm³/mol. The molecule has 0 aliphatic rings. The van der Waals surface area contributed by atoms with Crippen LogP contribution in [0.1, 0.15) is 0 Å². The van der Waals surface area contributed by atoms with Crippen molar-refractivity contribution < 1.29 is 4.39 Å². The molecule has 2 rings (SSSR count). The first-order valence-corrected chi connectivity index (χ1v) is 6.96. The molecule has 0 atom stereocenters. The van der Waals surface area contributed by atoms with Gasteiger partial charge in [-0.05, 0) is 24.5 Å². The average molecular weight is 278 g/mol. The Morgan fingerprint density at radius 1 is 1.26 bits per heavy atom. The van der Waals surface area contributed by atoms with Crippen molar-refractivity contribution in [2.75, 3.05) is 30.6 Å². The summed E-state index contributed by atoms with van der Waals surface area (Å²) < 4.78 is 13.3. The smallest absolute Gasteiger partial charge is 0.191 e. The largest absolute Gasteiger partial charge is 0.373 e. The van der Waals surface area contributed by atoms with Gasteiger partial charge >= 0.3 is 0 Å². The molecule has 1 N–H and O–H groups in total. The third kappa shape index (κ3) is 3.14. The number of hydrogen-bond donors (Lipinski definition) is 1. The van der Waals surface area contributed by atoms with E-state index in [1.54, 1.807) is 13.1 Å². The Labute approximate surface area is 116 Å². The van der Waals surface area contributed by atoms with Crippen LogP contribution >= 0.6 is 11.8 Å². The van der Waals surface area contributed by atoms with Crippen LogP contribution in [0.25, 0.3) is 0 Å². The Morgan fingerprint density at radius 2 is 2.05 bits per heavy atom. The Morgan fingerprint density at radius 3 is 2.68 bits per heavy atom. The Bertz CT molecular complexity index is 554. The topological polar surface area (TPSA) is 41.0 Å². The molecule has 1 heterocycles. The lowest BCUT2D eigenvalue weighted by Gasteiger charge is -2.19. The number of halogens is 1. The molecule has 1 aromatic heterocycles. The standard InChI is InChI=1S/C13H15FN4S/c1-15-11-8-12(17-13(16-11)19-3)18(2)10-6-4-5-9(14)7-10/h4-8H,1-3H3,(H,15,16,17). The third-order valence-corrected chi connectivity index (χ3v) is 3.22. The average Bonchev–Trinajstić information content (AvgIpc) is 2.45. The van der Waals surface area contributed by atoms with E-state index in [2.05, 4.69) is 15.3 Å². The first kappa shape index (κ1) is 13.6. The molecule has 0 amide bonds. The van der Waals surface area contributed by atoms with E-state index >= 15 is 0 Å². The van der Waals surface area contributed by atoms with Crippen LogP contribution in [0, 0.1) is 5.82 Å². The normalized spacial score (nSPS) is 10.3. The minimum Gasteiger partial charge on any atom is -0.373 e. The van der Waals surface area contributed by atoms with Crippen molar-refractivity contribution in [1.29, 1.82) is 0 Å². The molecule has 6 heteroatoms. The second-order valence-corrected chi connectivity index (χ2v) is 4.66. The quantitative estimate of drug-likeness (QED) is 0.687. The molecule has 0 fully saturated rings. The van der Waals surface area contributed by atoms with Gasteiger partial charge in [0.2, 0.25) is 0 Å². The molecular formula is C13H15FN4S. The van der Waals surface area contributed by atoms with Gasteiger partial charge in [0.25, 0.3) is 0 Å². The molecule has 4 nitrogen and oxygen atoms in total. The van der Waals surface area contributed by atoms with Crippen molar-refractivity contribution in [1.82, 2.24) is 9.97 Å². The molecule has 0 spiro atoms. The van der Waals surface area contributed by atoms with Crippen molar-refractivity contribution in [3.8, 4) is 0 Å². The molecule has 19 heavy (non-hydrogen) atoms. The fraction of sp³-hybridized carbons (Fsp3) is 0.231. The lowest BCUT2D eigenvalue weighted by atomic mass is 10.3. The SMILES string of the molecule is CNc1cc(N(C)c2cccc(F)c2)nc(SC)n1. The van der Waals surface area contributed by atoms with Crippen LogP contribution in [0.15, 0.2) is 35.5 Å². The fourth-order valence-electron chi connectivity index (χ4n) is 1.62. The molecule has 100 valence electrons. The maximum atomic E-state index is 13.3. The summed E-state index contributed by atoms with van der Waals surface area (Å²) in [6, 6.07) is 8.23. The van der Waals surface area contributed by atoms with E-state index in [1.165, 1.54) is 23.9 Å². The second-order valence-electron chi connectivity index (χ2n) is 3.89. The van der Waals surface area contributed by atoms with Crippen LogP contribution in [-0.2, 0) is 0 Å². The minimum absolute atomic E-state index is 0.266. The molecular weight excluding hydrogens is 263 g/mol. The number of benzene rings is 1. The number of aromatic nitrogens is 2. The van der Waals surface area contributed by atoms with Gasteiger partial charge in [0.05, 0.1) is 0 Å². The van der Waals surface area contributed by atoms with Crippen LogP contribution in [0.5, 0.6) is 0 Å². The van der Waals surface area contributed by atoms with Crippen molar-refractivity contribution in [3.05, 3.63) is 36.1 Å². The zero-order valence-corrected chi connectivity index (χ0v) is 11.8. The fourth-order valence-corrected chi connectivity index (χ4v) is 2.00. The number of nitrogens with one attached hydrogen (secondary N) is 1. The molecule has 0 radical (unpaired) electrons. The summed E-state index contributed by atoms with van der Waals surface area (Å²) >= 11 is 1.47. The molecule has 2 aromatic rings. The van der Waals surface area contributed by atoms with Gasteiger partial charge in [-0.15, -0.1) is 0 Å². The van der Waals surface area contributed by atoms with E-state index in [0.29, 0.717) is 11.0 Å². The highest BCUT2D eigenvalue weighted by Gasteiger charge is 2.10. The number of rotatable bonds is 4. The number of hydrogen-bond acceptors (Lipinski definition) is 5. The summed E-state index contributed by atoms with van der Waals surface area (Å²) in [5, 5.41) is 3.67. The molecule has 0 saturated heterocycles. The maximum Gasteiger partial charge on any atom is 0.191 e. The van der Waals surface area contributed by atoms with E-state index in [1.807, 2.05) is 30.3 Å². The van der Waals surface area contributed by atoms with Crippen molar-refractivity contribution in [3.63, 3.8) is 0 Å². The van der Waals surface area contributed by atoms with Crippen LogP contribution in [0.3, 0.4) is 0 Å². The van der Waals surface area contributed by atoms with Crippen molar-refractivity contribution in [2.24, 2.45) is 0 Å². The van der Waals surface area contributed by atoms with Crippen LogP contribution in [-0.4, -0.2) is 30.3 Å². The summed E-state index contributed by atoms with van der Waals surface area (Å²) in [6.07, 6.45) is 1.92. The van der Waals surface area contributed by atoms with Crippen molar-refractivity contribution in [2.45, 2.75) is 5.16 Å². The summed E-state index contributed by atoms with van der Waals surface area (Å²) in [7, 11) is 3.65. The van der Waals surface area contributed by atoms with Gasteiger partial charge in [0.15, 0.2) is 5.16 Å². The molecule has 0 unspecified atom stereocenters. The van der Waals surface area contributed by atoms with Gasteiger partial charge in [-0.1, -0.05) is 17.8 Å². The van der Waals surface area contributed by atoms with Crippen LogP contribution < -0.4 is 10.2 Å². The highest BCUT2D eigenvalue weighted by Crippen LogP contribution is 2.25. The number of thioether (sulfide) groups is 1. The first-order chi connectivity index (χ1) is 9.13. The Balaban J connectivity index is 2.40. The van der Waals surface area contributed by atoms with Gasteiger partial charge < -0.3 is 10.2 Å². The van der Waals surface area contributed by atoms with Gasteiger partial charge in [-0.3, -0.25) is 0 Å². The molecule has 0 bridgehead atoms. The lowest BCUT2D eigenvalue weighted by Crippen LogP contribution is -2.13. The maximum absolute atomic E-state index is 13.3. The molecule has 0 aliphatic carbocycles. The monoisotopic (exact) mass is 278 g/mol. The number of anilines is 3. The second kappa shape index (κ2) is 5.88. The minimum atomic E-state index is -0.266. The van der Waals surface area contributed by atoms with Gasteiger partial charge in [-0.25, -0.2) is 14.4 Å². The number of nitrogens with zero attached hydrogens (tertiary/aromatic N) is 3. The summed E-state index contributed by atoms with van der Waals surface area (Å²) in [6.45, 7) is 0. The summed E-state index contributed by atoms with van der Waals surface area (Å²) in [5.74, 6) is 1.18. The highest BCUT2D eigenvalue weighted by molar-refractivity contribution is 7.98. The zero-order chi connectivity index (χ0) is 13.8. The third-order valence-electron chi connectivity index (χ3n) is 2.67. The van der Waals surface area contributed by atoms with E-state index < -0.39 is 0 Å². The lowest BCUT2D eigenvalue weighted by molar-refractivity contribution is 0.628. The van der Waals surface area contributed by atoms with Gasteiger partial charge in [0, 0.05) is 25.8 Å². The summed E-state index contributed by atoms with van der Waals surface area (Å²) in [4.78, 5) is 10.5. The van der Waals surface area contributed by atoms with Gasteiger partial charge in [0.1, 0.15) is 17.5 Å². The van der Waals surface area contributed by atoms with Crippen LogP contribution in [0.4, 0.5) is 21.7 Å². The Kier molecular flexibility index (Phi) is 4.21.